The molecule has 200 valence electrons. The zero-order valence-electron chi connectivity index (χ0n) is 23.0. The second-order valence-corrected chi connectivity index (χ2v) is 10.2. The molecule has 2 heterocycles. The number of hydrogen-bond donors (Lipinski definition) is 1. The van der Waals surface area contributed by atoms with E-state index in [4.69, 9.17) is 4.98 Å². The molecule has 3 aromatic rings. The second-order valence-electron chi connectivity index (χ2n) is 10.2. The lowest BCUT2D eigenvalue weighted by molar-refractivity contribution is -0.182. The summed E-state index contributed by atoms with van der Waals surface area (Å²) in [7, 11) is 1.92. The number of halogens is 3. The number of rotatable bonds is 5. The fourth-order valence-electron chi connectivity index (χ4n) is 5.01. The summed E-state index contributed by atoms with van der Waals surface area (Å²) in [6.45, 7) is 8.69. The largest absolute Gasteiger partial charge is 0.391 e. The molecular weight excluding hydrogens is 471 g/mol. The van der Waals surface area contributed by atoms with Crippen LogP contribution in [-0.2, 0) is 0 Å². The number of nitrogens with zero attached hydrogens (tertiary/aromatic N) is 2. The summed E-state index contributed by atoms with van der Waals surface area (Å²) >= 11 is 0. The highest BCUT2D eigenvalue weighted by molar-refractivity contribution is 5.95. The monoisotopic (exact) mass is 511 g/mol. The van der Waals surface area contributed by atoms with Crippen LogP contribution < -0.4 is 5.32 Å². The molecule has 37 heavy (non-hydrogen) atoms. The lowest BCUT2D eigenvalue weighted by Crippen LogP contribution is -2.25. The minimum Gasteiger partial charge on any atom is -0.387 e. The van der Waals surface area contributed by atoms with Gasteiger partial charge in [0, 0.05) is 18.5 Å². The maximum atomic E-state index is 11.9. The van der Waals surface area contributed by atoms with Crippen LogP contribution in [0.1, 0.15) is 83.4 Å². The van der Waals surface area contributed by atoms with E-state index in [0.717, 1.165) is 16.9 Å². The summed E-state index contributed by atoms with van der Waals surface area (Å²) in [5.41, 5.74) is 6.89. The van der Waals surface area contributed by atoms with Crippen LogP contribution in [0.15, 0.2) is 36.5 Å². The Labute approximate surface area is 219 Å². The SMILES string of the molecule is CC#Cc1c(-c2ccc(NC)cn2)n(C2CCCCC2)c2ccc(C)cc12.CCC(C)[C@H](C)C(F)(F)F. The van der Waals surface area contributed by atoms with Crippen LogP contribution in [0, 0.1) is 30.6 Å². The van der Waals surface area contributed by atoms with Crippen molar-refractivity contribution in [3.63, 3.8) is 0 Å². The van der Waals surface area contributed by atoms with Gasteiger partial charge in [0.1, 0.15) is 0 Å². The predicted octanol–water partition coefficient (Wildman–Crippen LogP) is 9.16. The van der Waals surface area contributed by atoms with Crippen LogP contribution in [0.2, 0.25) is 0 Å². The topological polar surface area (TPSA) is 29.9 Å². The van der Waals surface area contributed by atoms with Crippen LogP contribution in [-0.4, -0.2) is 22.8 Å². The van der Waals surface area contributed by atoms with Crippen molar-refractivity contribution in [3.8, 4) is 23.2 Å². The van der Waals surface area contributed by atoms with Gasteiger partial charge >= 0.3 is 6.18 Å². The summed E-state index contributed by atoms with van der Waals surface area (Å²) in [5.74, 6) is 5.11. The third-order valence-corrected chi connectivity index (χ3v) is 7.66. The smallest absolute Gasteiger partial charge is 0.387 e. The van der Waals surface area contributed by atoms with Gasteiger partial charge in [0.15, 0.2) is 0 Å². The molecule has 1 aliphatic carbocycles. The van der Waals surface area contributed by atoms with Crippen LogP contribution >= 0.6 is 0 Å². The number of anilines is 1. The lowest BCUT2D eigenvalue weighted by Gasteiger charge is -2.26. The molecule has 0 bridgehead atoms. The first-order valence-corrected chi connectivity index (χ1v) is 13.4. The quantitative estimate of drug-likeness (QED) is 0.346. The van der Waals surface area contributed by atoms with Crippen LogP contribution in [0.25, 0.3) is 22.3 Å². The van der Waals surface area contributed by atoms with Gasteiger partial charge in [0.05, 0.1) is 40.3 Å². The van der Waals surface area contributed by atoms with Gasteiger partial charge in [-0.15, -0.1) is 5.92 Å². The first-order chi connectivity index (χ1) is 17.6. The summed E-state index contributed by atoms with van der Waals surface area (Å²) in [5, 5.41) is 4.41. The molecule has 1 fully saturated rings. The van der Waals surface area contributed by atoms with Crippen LogP contribution in [0.5, 0.6) is 0 Å². The zero-order valence-corrected chi connectivity index (χ0v) is 23.0. The molecular formula is C31H40F3N3. The van der Waals surface area contributed by atoms with Gasteiger partial charge < -0.3 is 9.88 Å². The molecule has 2 atom stereocenters. The van der Waals surface area contributed by atoms with Crippen LogP contribution in [0.4, 0.5) is 18.9 Å². The fraction of sp³-hybridized carbons (Fsp3) is 0.516. The minimum atomic E-state index is -4.02. The van der Waals surface area contributed by atoms with E-state index in [1.807, 2.05) is 20.2 Å². The number of aromatic nitrogens is 2. The van der Waals surface area contributed by atoms with Gasteiger partial charge in [-0.1, -0.05) is 64.0 Å². The Bertz CT molecular complexity index is 1220. The zero-order chi connectivity index (χ0) is 27.2. The first-order valence-electron chi connectivity index (χ1n) is 13.4. The van der Waals surface area contributed by atoms with Crippen molar-refractivity contribution >= 4 is 16.6 Å². The Morgan fingerprint density at radius 2 is 1.81 bits per heavy atom. The summed E-state index contributed by atoms with van der Waals surface area (Å²) in [6, 6.07) is 11.5. The Hall–Kier alpha value is -2.94. The Morgan fingerprint density at radius 1 is 1.11 bits per heavy atom. The summed E-state index contributed by atoms with van der Waals surface area (Å²) < 4.78 is 38.2. The Kier molecular flexibility index (Phi) is 9.70. The third kappa shape index (κ3) is 6.69. The van der Waals surface area contributed by atoms with E-state index in [2.05, 4.69) is 59.0 Å². The van der Waals surface area contributed by atoms with Gasteiger partial charge in [0.2, 0.25) is 0 Å². The van der Waals surface area contributed by atoms with Crippen molar-refractivity contribution < 1.29 is 13.2 Å². The van der Waals surface area contributed by atoms with E-state index >= 15 is 0 Å². The number of benzene rings is 1. The third-order valence-electron chi connectivity index (χ3n) is 7.66. The Balaban J connectivity index is 0.000000325. The molecule has 1 saturated carbocycles. The number of hydrogen-bond acceptors (Lipinski definition) is 2. The molecule has 0 saturated heterocycles. The highest BCUT2D eigenvalue weighted by Crippen LogP contribution is 2.40. The van der Waals surface area contributed by atoms with Crippen molar-refractivity contribution in [1.29, 1.82) is 0 Å². The van der Waals surface area contributed by atoms with Crippen molar-refractivity contribution in [2.45, 2.75) is 85.4 Å². The molecule has 1 aliphatic rings. The average molecular weight is 512 g/mol. The standard InChI is InChI=1S/C24H27N3.C7H13F3/c1-4-8-20-21-15-17(2)11-14-23(21)27(19-9-6-5-7-10-19)24(20)22-13-12-18(25-3)16-26-22;1-4-5(2)6(3)7(8,9)10/h11-16,19,25H,5-7,9-10H2,1-3H3;5-6H,4H2,1-3H3/t;5?,6-/m.0/s1. The van der Waals surface area contributed by atoms with E-state index in [1.165, 1.54) is 61.2 Å². The highest BCUT2D eigenvalue weighted by Gasteiger charge is 2.38. The molecule has 0 radical (unpaired) electrons. The van der Waals surface area contributed by atoms with Crippen molar-refractivity contribution in [3.05, 3.63) is 47.7 Å². The maximum Gasteiger partial charge on any atom is 0.391 e. The molecule has 2 aromatic heterocycles. The first kappa shape index (κ1) is 28.6. The second kappa shape index (κ2) is 12.5. The molecule has 1 aromatic carbocycles. The number of pyridine rings is 1. The van der Waals surface area contributed by atoms with E-state index in [0.29, 0.717) is 12.5 Å². The number of nitrogens with one attached hydrogen (secondary N) is 1. The number of aryl methyl sites for hydroxylation is 1. The molecule has 4 rings (SSSR count). The molecule has 1 unspecified atom stereocenters. The highest BCUT2D eigenvalue weighted by atomic mass is 19.4. The minimum absolute atomic E-state index is 0.264. The molecule has 6 heteroatoms. The summed E-state index contributed by atoms with van der Waals surface area (Å²) in [6.07, 6.45) is 4.90. The molecule has 3 nitrogen and oxygen atoms in total. The van der Waals surface area contributed by atoms with E-state index in [-0.39, 0.29) is 5.92 Å². The molecule has 0 amide bonds. The molecule has 0 spiro atoms. The number of fused-ring (bicyclic) bond motifs is 1. The predicted molar refractivity (Wildman–Crippen MR) is 149 cm³/mol. The number of alkyl halides is 3. The van der Waals surface area contributed by atoms with E-state index in [1.54, 1.807) is 13.8 Å². The normalized spacial score (nSPS) is 15.8. The van der Waals surface area contributed by atoms with Crippen LogP contribution in [0.3, 0.4) is 0 Å². The lowest BCUT2D eigenvalue weighted by atomic mass is 9.93. The van der Waals surface area contributed by atoms with Crippen molar-refractivity contribution in [2.75, 3.05) is 12.4 Å². The van der Waals surface area contributed by atoms with Gasteiger partial charge in [0.25, 0.3) is 0 Å². The van der Waals surface area contributed by atoms with Crippen molar-refractivity contribution in [2.24, 2.45) is 11.8 Å². The van der Waals surface area contributed by atoms with Gasteiger partial charge in [-0.2, -0.15) is 13.2 Å². The van der Waals surface area contributed by atoms with Gasteiger partial charge in [-0.05, 0) is 56.9 Å². The summed E-state index contributed by atoms with van der Waals surface area (Å²) in [4.78, 5) is 4.78. The Morgan fingerprint density at radius 3 is 2.32 bits per heavy atom. The van der Waals surface area contributed by atoms with Gasteiger partial charge in [-0.3, -0.25) is 4.98 Å². The molecule has 0 aliphatic heterocycles. The maximum absolute atomic E-state index is 11.9. The van der Waals surface area contributed by atoms with E-state index in [9.17, 15) is 13.2 Å². The van der Waals surface area contributed by atoms with Gasteiger partial charge in [-0.25, -0.2) is 0 Å². The van der Waals surface area contributed by atoms with Crippen molar-refractivity contribution in [1.82, 2.24) is 9.55 Å². The molecule has 1 N–H and O–H groups in total. The van der Waals surface area contributed by atoms with E-state index < -0.39 is 12.1 Å². The average Bonchev–Trinajstić information content (AvgIpc) is 3.21. The fourth-order valence-corrected chi connectivity index (χ4v) is 5.01.